The Morgan fingerprint density at radius 3 is 2.78 bits per heavy atom. The summed E-state index contributed by atoms with van der Waals surface area (Å²) in [5.74, 6) is -0.917. The van der Waals surface area contributed by atoms with Crippen LogP contribution in [0.1, 0.15) is 32.6 Å². The number of ether oxygens (including phenoxy) is 1. The van der Waals surface area contributed by atoms with E-state index in [2.05, 4.69) is 10.6 Å². The van der Waals surface area contributed by atoms with Gasteiger partial charge >= 0.3 is 12.0 Å². The summed E-state index contributed by atoms with van der Waals surface area (Å²) in [5.41, 5.74) is 0. The van der Waals surface area contributed by atoms with Crippen molar-refractivity contribution in [2.24, 2.45) is 5.92 Å². The van der Waals surface area contributed by atoms with Crippen molar-refractivity contribution in [1.29, 1.82) is 0 Å². The second-order valence-electron chi connectivity index (χ2n) is 4.78. The second-order valence-corrected chi connectivity index (χ2v) is 4.78. The summed E-state index contributed by atoms with van der Waals surface area (Å²) in [7, 11) is 0. The Bertz CT molecular complexity index is 277. The van der Waals surface area contributed by atoms with E-state index in [9.17, 15) is 9.59 Å². The van der Waals surface area contributed by atoms with Gasteiger partial charge in [-0.2, -0.15) is 0 Å². The summed E-state index contributed by atoms with van der Waals surface area (Å²) in [5, 5.41) is 14.0. The van der Waals surface area contributed by atoms with Gasteiger partial charge in [-0.3, -0.25) is 4.79 Å². The molecule has 6 heteroatoms. The van der Waals surface area contributed by atoms with Crippen molar-refractivity contribution < 1.29 is 19.4 Å². The Morgan fingerprint density at radius 2 is 2.17 bits per heavy atom. The first kappa shape index (κ1) is 14.8. The fraction of sp³-hybridized carbons (Fsp3) is 0.833. The highest BCUT2D eigenvalue weighted by Crippen LogP contribution is 2.11. The zero-order valence-electron chi connectivity index (χ0n) is 10.8. The number of nitrogens with one attached hydrogen (secondary N) is 2. The van der Waals surface area contributed by atoms with Gasteiger partial charge in [-0.25, -0.2) is 4.79 Å². The zero-order valence-corrected chi connectivity index (χ0v) is 10.8. The van der Waals surface area contributed by atoms with Crippen molar-refractivity contribution >= 4 is 12.0 Å². The smallest absolute Gasteiger partial charge is 0.314 e. The summed E-state index contributed by atoms with van der Waals surface area (Å²) in [6.45, 7) is 3.44. The molecule has 2 atom stereocenters. The maximum absolute atomic E-state index is 11.5. The summed E-state index contributed by atoms with van der Waals surface area (Å²) >= 11 is 0. The van der Waals surface area contributed by atoms with Crippen molar-refractivity contribution in [1.82, 2.24) is 10.6 Å². The zero-order chi connectivity index (χ0) is 13.4. The molecule has 0 aromatic heterocycles. The molecule has 18 heavy (non-hydrogen) atoms. The highest BCUT2D eigenvalue weighted by atomic mass is 16.5. The molecule has 2 amide bonds. The molecule has 0 spiro atoms. The third-order valence-corrected chi connectivity index (χ3v) is 2.90. The molecule has 0 aliphatic carbocycles. The fourth-order valence-electron chi connectivity index (χ4n) is 1.87. The number of urea groups is 1. The minimum atomic E-state index is -0.847. The van der Waals surface area contributed by atoms with E-state index in [0.29, 0.717) is 13.1 Å². The van der Waals surface area contributed by atoms with Crippen LogP contribution in [0.2, 0.25) is 0 Å². The predicted molar refractivity (Wildman–Crippen MR) is 66.4 cm³/mol. The van der Waals surface area contributed by atoms with Gasteiger partial charge in [0.15, 0.2) is 0 Å². The average Bonchev–Trinajstić information content (AvgIpc) is 2.34. The van der Waals surface area contributed by atoms with Crippen LogP contribution in [0.5, 0.6) is 0 Å². The number of aliphatic carboxylic acids is 1. The van der Waals surface area contributed by atoms with Crippen LogP contribution in [-0.2, 0) is 9.53 Å². The number of carbonyl (C=O) groups excluding carboxylic acids is 1. The second kappa shape index (κ2) is 7.92. The Hall–Kier alpha value is -1.30. The third-order valence-electron chi connectivity index (χ3n) is 2.90. The van der Waals surface area contributed by atoms with Crippen molar-refractivity contribution in [3.05, 3.63) is 0 Å². The first-order chi connectivity index (χ1) is 8.58. The minimum Gasteiger partial charge on any atom is -0.481 e. The maximum Gasteiger partial charge on any atom is 0.314 e. The van der Waals surface area contributed by atoms with Crippen LogP contribution in [0, 0.1) is 5.92 Å². The van der Waals surface area contributed by atoms with E-state index < -0.39 is 5.97 Å². The summed E-state index contributed by atoms with van der Waals surface area (Å²) < 4.78 is 5.49. The van der Waals surface area contributed by atoms with Crippen LogP contribution < -0.4 is 10.6 Å². The van der Waals surface area contributed by atoms with E-state index >= 15 is 0 Å². The Morgan fingerprint density at radius 1 is 1.39 bits per heavy atom. The standard InChI is InChI=1S/C12H22N2O4/c1-9(6-11(15)16)7-13-12(17)14-8-10-4-2-3-5-18-10/h9-10H,2-8H2,1H3,(H,15,16)(H2,13,14,17). The molecule has 104 valence electrons. The number of carboxylic acid groups (broad SMARTS) is 1. The highest BCUT2D eigenvalue weighted by molar-refractivity contribution is 5.74. The highest BCUT2D eigenvalue weighted by Gasteiger charge is 2.15. The monoisotopic (exact) mass is 258 g/mol. The lowest BCUT2D eigenvalue weighted by molar-refractivity contribution is -0.137. The van der Waals surface area contributed by atoms with Gasteiger partial charge in [0.25, 0.3) is 0 Å². The van der Waals surface area contributed by atoms with Crippen LogP contribution in [-0.4, -0.2) is 42.9 Å². The van der Waals surface area contributed by atoms with Gasteiger partial charge in [0.05, 0.1) is 6.10 Å². The summed E-state index contributed by atoms with van der Waals surface area (Å²) in [4.78, 5) is 21.9. The van der Waals surface area contributed by atoms with Gasteiger partial charge in [-0.05, 0) is 25.2 Å². The summed E-state index contributed by atoms with van der Waals surface area (Å²) in [6, 6.07) is -0.263. The van der Waals surface area contributed by atoms with Crippen molar-refractivity contribution in [3.63, 3.8) is 0 Å². The van der Waals surface area contributed by atoms with Gasteiger partial charge in [0, 0.05) is 26.1 Å². The first-order valence-corrected chi connectivity index (χ1v) is 6.43. The van der Waals surface area contributed by atoms with Gasteiger partial charge in [-0.15, -0.1) is 0 Å². The molecule has 0 aromatic rings. The van der Waals surface area contributed by atoms with Gasteiger partial charge in [0.2, 0.25) is 0 Å². The van der Waals surface area contributed by atoms with Crippen LogP contribution in [0.3, 0.4) is 0 Å². The third kappa shape index (κ3) is 6.44. The number of rotatable bonds is 6. The molecule has 0 bridgehead atoms. The van der Waals surface area contributed by atoms with E-state index in [-0.39, 0.29) is 24.5 Å². The lowest BCUT2D eigenvalue weighted by Crippen LogP contribution is -2.42. The molecule has 0 saturated carbocycles. The largest absolute Gasteiger partial charge is 0.481 e. The molecule has 1 heterocycles. The van der Waals surface area contributed by atoms with E-state index in [4.69, 9.17) is 9.84 Å². The van der Waals surface area contributed by atoms with E-state index in [1.54, 1.807) is 6.92 Å². The van der Waals surface area contributed by atoms with Crippen LogP contribution >= 0.6 is 0 Å². The van der Waals surface area contributed by atoms with E-state index in [1.807, 2.05) is 0 Å². The van der Waals surface area contributed by atoms with E-state index in [1.165, 1.54) is 0 Å². The lowest BCUT2D eigenvalue weighted by atomic mass is 10.1. The molecular weight excluding hydrogens is 236 g/mol. The molecule has 1 aliphatic rings. The molecule has 1 aliphatic heterocycles. The quantitative estimate of drug-likeness (QED) is 0.662. The Kier molecular flexibility index (Phi) is 6.49. The number of amides is 2. The number of carbonyl (C=O) groups is 2. The van der Waals surface area contributed by atoms with Crippen molar-refractivity contribution in [2.75, 3.05) is 19.7 Å². The number of carboxylic acids is 1. The van der Waals surface area contributed by atoms with Gasteiger partial charge in [0.1, 0.15) is 0 Å². The van der Waals surface area contributed by atoms with Crippen molar-refractivity contribution in [3.8, 4) is 0 Å². The van der Waals surface area contributed by atoms with Crippen LogP contribution in [0.25, 0.3) is 0 Å². The van der Waals surface area contributed by atoms with Crippen molar-refractivity contribution in [2.45, 2.75) is 38.7 Å². The van der Waals surface area contributed by atoms with Crippen LogP contribution in [0.4, 0.5) is 4.79 Å². The topological polar surface area (TPSA) is 87.7 Å². The lowest BCUT2D eigenvalue weighted by Gasteiger charge is -2.22. The molecular formula is C12H22N2O4. The SMILES string of the molecule is CC(CNC(=O)NCC1CCCCO1)CC(=O)O. The number of hydrogen-bond donors (Lipinski definition) is 3. The molecule has 2 unspecified atom stereocenters. The molecule has 6 nitrogen and oxygen atoms in total. The molecule has 1 fully saturated rings. The first-order valence-electron chi connectivity index (χ1n) is 6.43. The normalized spacial score (nSPS) is 21.1. The molecule has 0 radical (unpaired) electrons. The number of hydrogen-bond acceptors (Lipinski definition) is 3. The van der Waals surface area contributed by atoms with E-state index in [0.717, 1.165) is 25.9 Å². The molecule has 3 N–H and O–H groups in total. The molecule has 1 saturated heterocycles. The molecule has 1 rings (SSSR count). The van der Waals surface area contributed by atoms with Gasteiger partial charge < -0.3 is 20.5 Å². The minimum absolute atomic E-state index is 0.0615. The molecule has 0 aromatic carbocycles. The fourth-order valence-corrected chi connectivity index (χ4v) is 1.87. The Labute approximate surface area is 107 Å². The predicted octanol–water partition coefficient (Wildman–Crippen LogP) is 0.965. The Balaban J connectivity index is 2.07. The average molecular weight is 258 g/mol. The maximum atomic E-state index is 11.5. The van der Waals surface area contributed by atoms with Crippen LogP contribution in [0.15, 0.2) is 0 Å². The summed E-state index contributed by atoms with van der Waals surface area (Å²) in [6.07, 6.45) is 3.39. The van der Waals surface area contributed by atoms with Gasteiger partial charge in [-0.1, -0.05) is 6.92 Å².